The molecular formula is C17H18F3N3O3S. The Morgan fingerprint density at radius 3 is 2.30 bits per heavy atom. The van der Waals surface area contributed by atoms with Crippen molar-refractivity contribution in [3.05, 3.63) is 54.4 Å². The summed E-state index contributed by atoms with van der Waals surface area (Å²) >= 11 is 0. The predicted octanol–water partition coefficient (Wildman–Crippen LogP) is 2.49. The Balaban J connectivity index is 1.70. The minimum absolute atomic E-state index is 0.176. The van der Waals surface area contributed by atoms with E-state index in [-0.39, 0.29) is 13.1 Å². The molecule has 0 N–H and O–H groups in total. The lowest BCUT2D eigenvalue weighted by Gasteiger charge is -2.34. The number of alkyl halides is 3. The van der Waals surface area contributed by atoms with Gasteiger partial charge in [0.1, 0.15) is 10.6 Å². The molecule has 0 atom stereocenters. The second kappa shape index (κ2) is 7.83. The molecule has 1 aromatic heterocycles. The van der Waals surface area contributed by atoms with Crippen molar-refractivity contribution in [2.45, 2.75) is 17.8 Å². The quantitative estimate of drug-likeness (QED) is 0.770. The second-order valence-electron chi connectivity index (χ2n) is 6.00. The molecule has 27 heavy (non-hydrogen) atoms. The number of piperazine rings is 1. The number of nitrogens with zero attached hydrogens (tertiary/aromatic N) is 3. The molecule has 10 heteroatoms. The number of pyridine rings is 1. The Bertz CT molecular complexity index is 868. The maximum absolute atomic E-state index is 12.8. The molecule has 0 amide bonds. The van der Waals surface area contributed by atoms with E-state index in [1.807, 2.05) is 23.1 Å². The van der Waals surface area contributed by atoms with Gasteiger partial charge in [-0.3, -0.25) is 9.88 Å². The van der Waals surface area contributed by atoms with Crippen molar-refractivity contribution in [2.75, 3.05) is 26.2 Å². The molecule has 0 saturated carbocycles. The van der Waals surface area contributed by atoms with Crippen LogP contribution in [0.15, 0.2) is 53.6 Å². The highest BCUT2D eigenvalue weighted by Gasteiger charge is 2.36. The van der Waals surface area contributed by atoms with Crippen LogP contribution in [0.5, 0.6) is 5.75 Å². The number of aromatic nitrogens is 1. The minimum atomic E-state index is -4.97. The maximum Gasteiger partial charge on any atom is 0.573 e. The normalized spacial score (nSPS) is 17.0. The second-order valence-corrected chi connectivity index (χ2v) is 7.90. The van der Waals surface area contributed by atoms with Crippen molar-refractivity contribution >= 4 is 10.0 Å². The first-order valence-corrected chi connectivity index (χ1v) is 9.67. The van der Waals surface area contributed by atoms with E-state index in [0.29, 0.717) is 19.6 Å². The van der Waals surface area contributed by atoms with Crippen molar-refractivity contribution in [3.63, 3.8) is 0 Å². The Labute approximate surface area is 155 Å². The zero-order chi connectivity index (χ0) is 19.5. The summed E-state index contributed by atoms with van der Waals surface area (Å²) < 4.78 is 68.4. The van der Waals surface area contributed by atoms with Crippen LogP contribution in [0.25, 0.3) is 0 Å². The molecule has 1 aliphatic rings. The van der Waals surface area contributed by atoms with Crippen LogP contribution in [-0.4, -0.2) is 55.1 Å². The van der Waals surface area contributed by atoms with Gasteiger partial charge >= 0.3 is 6.36 Å². The van der Waals surface area contributed by atoms with Gasteiger partial charge < -0.3 is 4.74 Å². The van der Waals surface area contributed by atoms with Crippen LogP contribution in [0.1, 0.15) is 5.69 Å². The van der Waals surface area contributed by atoms with E-state index in [4.69, 9.17) is 0 Å². The van der Waals surface area contributed by atoms with Crippen LogP contribution < -0.4 is 4.74 Å². The molecule has 0 unspecified atom stereocenters. The monoisotopic (exact) mass is 401 g/mol. The molecule has 0 aliphatic carbocycles. The first-order valence-electron chi connectivity index (χ1n) is 8.23. The van der Waals surface area contributed by atoms with Crippen LogP contribution >= 0.6 is 0 Å². The Kier molecular flexibility index (Phi) is 5.68. The van der Waals surface area contributed by atoms with Crippen LogP contribution in [-0.2, 0) is 16.6 Å². The lowest BCUT2D eigenvalue weighted by Crippen LogP contribution is -2.48. The third kappa shape index (κ3) is 4.96. The molecule has 1 saturated heterocycles. The summed E-state index contributed by atoms with van der Waals surface area (Å²) in [5, 5.41) is 0. The molecule has 0 spiro atoms. The first kappa shape index (κ1) is 19.6. The van der Waals surface area contributed by atoms with Crippen molar-refractivity contribution in [3.8, 4) is 5.75 Å². The highest BCUT2D eigenvalue weighted by Crippen LogP contribution is 2.31. The van der Waals surface area contributed by atoms with Gasteiger partial charge in [-0.05, 0) is 24.3 Å². The van der Waals surface area contributed by atoms with E-state index < -0.39 is 27.0 Å². The smallest absolute Gasteiger partial charge is 0.404 e. The van der Waals surface area contributed by atoms with E-state index in [1.54, 1.807) is 6.20 Å². The summed E-state index contributed by atoms with van der Waals surface area (Å²) in [6.07, 6.45) is -3.28. The van der Waals surface area contributed by atoms with Gasteiger partial charge in [0.25, 0.3) is 0 Å². The van der Waals surface area contributed by atoms with Crippen molar-refractivity contribution < 1.29 is 26.3 Å². The van der Waals surface area contributed by atoms with Gasteiger partial charge in [0.05, 0.1) is 5.69 Å². The molecular weight excluding hydrogens is 383 g/mol. The van der Waals surface area contributed by atoms with E-state index in [9.17, 15) is 21.6 Å². The lowest BCUT2D eigenvalue weighted by molar-refractivity contribution is -0.275. The third-order valence-corrected chi connectivity index (χ3v) is 6.07. The van der Waals surface area contributed by atoms with Gasteiger partial charge in [-0.25, -0.2) is 8.42 Å². The number of hydrogen-bond acceptors (Lipinski definition) is 5. The molecule has 2 heterocycles. The number of para-hydroxylation sites is 1. The van der Waals surface area contributed by atoms with Gasteiger partial charge in [-0.2, -0.15) is 4.31 Å². The summed E-state index contributed by atoms with van der Waals surface area (Å²) in [5.74, 6) is -0.721. The van der Waals surface area contributed by atoms with Gasteiger partial charge in [0, 0.05) is 38.9 Å². The average molecular weight is 401 g/mol. The highest BCUT2D eigenvalue weighted by atomic mass is 32.2. The minimum Gasteiger partial charge on any atom is -0.404 e. The third-order valence-electron chi connectivity index (χ3n) is 4.14. The highest BCUT2D eigenvalue weighted by molar-refractivity contribution is 7.89. The topological polar surface area (TPSA) is 62.7 Å². The van der Waals surface area contributed by atoms with Crippen LogP contribution in [0.2, 0.25) is 0 Å². The fourth-order valence-corrected chi connectivity index (χ4v) is 4.40. The van der Waals surface area contributed by atoms with Crippen molar-refractivity contribution in [1.29, 1.82) is 0 Å². The molecule has 3 rings (SSSR count). The van der Waals surface area contributed by atoms with E-state index >= 15 is 0 Å². The predicted molar refractivity (Wildman–Crippen MR) is 91.4 cm³/mol. The van der Waals surface area contributed by atoms with E-state index in [0.717, 1.165) is 17.8 Å². The summed E-state index contributed by atoms with van der Waals surface area (Å²) in [6.45, 7) is 1.85. The number of sulfonamides is 1. The van der Waals surface area contributed by atoms with E-state index in [1.165, 1.54) is 16.4 Å². The lowest BCUT2D eigenvalue weighted by atomic mass is 10.3. The van der Waals surface area contributed by atoms with Crippen LogP contribution in [0.3, 0.4) is 0 Å². The SMILES string of the molecule is O=S(=O)(c1ccccc1OC(F)(F)F)N1CCN(Cc2ccccn2)CC1. The largest absolute Gasteiger partial charge is 0.573 e. The van der Waals surface area contributed by atoms with Gasteiger partial charge in [-0.1, -0.05) is 18.2 Å². The van der Waals surface area contributed by atoms with Crippen molar-refractivity contribution in [1.82, 2.24) is 14.2 Å². The number of halogens is 3. The number of benzene rings is 1. The Hall–Kier alpha value is -2.17. The van der Waals surface area contributed by atoms with Gasteiger partial charge in [0.2, 0.25) is 10.0 Å². The number of rotatable bonds is 5. The number of ether oxygens (including phenoxy) is 1. The zero-order valence-corrected chi connectivity index (χ0v) is 15.1. The van der Waals surface area contributed by atoms with Crippen LogP contribution in [0.4, 0.5) is 13.2 Å². The average Bonchev–Trinajstić information content (AvgIpc) is 2.62. The Morgan fingerprint density at radius 2 is 1.67 bits per heavy atom. The molecule has 2 aromatic rings. The van der Waals surface area contributed by atoms with Crippen molar-refractivity contribution in [2.24, 2.45) is 0 Å². The van der Waals surface area contributed by atoms with E-state index in [2.05, 4.69) is 9.72 Å². The van der Waals surface area contributed by atoms with Gasteiger partial charge in [-0.15, -0.1) is 13.2 Å². The molecule has 0 radical (unpaired) electrons. The summed E-state index contributed by atoms with van der Waals surface area (Å²) in [5.41, 5.74) is 0.873. The summed E-state index contributed by atoms with van der Waals surface area (Å²) in [6, 6.07) is 10.4. The fraction of sp³-hybridized carbons (Fsp3) is 0.353. The molecule has 1 aromatic carbocycles. The first-order chi connectivity index (χ1) is 12.8. The van der Waals surface area contributed by atoms with Gasteiger partial charge in [0.15, 0.2) is 0 Å². The zero-order valence-electron chi connectivity index (χ0n) is 14.3. The molecule has 1 aliphatic heterocycles. The molecule has 6 nitrogen and oxygen atoms in total. The number of hydrogen-bond donors (Lipinski definition) is 0. The summed E-state index contributed by atoms with van der Waals surface area (Å²) in [4.78, 5) is 5.80. The molecule has 146 valence electrons. The summed E-state index contributed by atoms with van der Waals surface area (Å²) in [7, 11) is -4.10. The molecule has 1 fully saturated rings. The fourth-order valence-electron chi connectivity index (χ4n) is 2.86. The van der Waals surface area contributed by atoms with Crippen LogP contribution in [0, 0.1) is 0 Å². The Morgan fingerprint density at radius 1 is 1.00 bits per heavy atom. The maximum atomic E-state index is 12.8. The molecule has 0 bridgehead atoms. The standard InChI is InChI=1S/C17H18F3N3O3S/c18-17(19,20)26-15-6-1-2-7-16(15)27(24,25)23-11-9-22(10-12-23)13-14-5-3-4-8-21-14/h1-8H,9-13H2.